The van der Waals surface area contributed by atoms with Crippen molar-refractivity contribution in [2.24, 2.45) is 35.0 Å². The van der Waals surface area contributed by atoms with Crippen molar-refractivity contribution in [2.75, 3.05) is 0 Å². The third-order valence-electron chi connectivity index (χ3n) is 9.58. The Balaban J connectivity index is 0.00000308. The predicted octanol–water partition coefficient (Wildman–Crippen LogP) is 2.70. The number of ether oxygens (including phenoxy) is 2. The molecule has 3 saturated heterocycles. The SMILES string of the molecule is CC(C)(C)N1C(=O)C2C3SC(C(OC(=O)C45CC6CC(CC(C6)C4)C5)C31)C2C(=O)O[CH-]C(F)(F)S(=O)(=O)[O-].[Rf]. The number of hydrogen-bond acceptors (Lipinski definition) is 9. The van der Waals surface area contributed by atoms with E-state index in [2.05, 4.69) is 4.74 Å². The van der Waals surface area contributed by atoms with Crippen molar-refractivity contribution >= 4 is 39.7 Å². The summed E-state index contributed by atoms with van der Waals surface area (Å²) in [5.74, 6) is -2.50. The van der Waals surface area contributed by atoms with Crippen LogP contribution in [0.25, 0.3) is 0 Å². The first kappa shape index (κ1) is 28.1. The molecule has 7 aliphatic rings. The van der Waals surface area contributed by atoms with Crippen molar-refractivity contribution in [1.82, 2.24) is 4.90 Å². The standard InChI is InChI=1S/C25H32F2NO8S2.Rf/c1-23(2,3)28-16-17(36-22(31)24-7-11-4-12(8-24)6-13(5-11)9-24)19-15(14(20(28)29)18(16)37-19)21(30)35-10-25(26,27)38(32,33)34;/h10-19H,4-9H2,1-3H3,(H,32,33,34);/q-1;/p-1. The van der Waals surface area contributed by atoms with Gasteiger partial charge in [0.15, 0.2) is 0 Å². The van der Waals surface area contributed by atoms with Crippen LogP contribution in [-0.4, -0.2) is 69.2 Å². The van der Waals surface area contributed by atoms with Gasteiger partial charge in [0, 0.05) is 10.8 Å². The van der Waals surface area contributed by atoms with E-state index in [-0.39, 0.29) is 11.9 Å². The Kier molecular flexibility index (Phi) is 6.13. The van der Waals surface area contributed by atoms with Crippen molar-refractivity contribution < 1.29 is 45.6 Å². The van der Waals surface area contributed by atoms with Crippen molar-refractivity contribution in [3.8, 4) is 0 Å². The molecule has 6 unspecified atom stereocenters. The second kappa shape index (κ2) is 8.52. The Hall–Kier alpha value is -2.47. The predicted molar refractivity (Wildman–Crippen MR) is 128 cm³/mol. The summed E-state index contributed by atoms with van der Waals surface area (Å²) in [6.45, 7) is 4.94. The van der Waals surface area contributed by atoms with E-state index < -0.39 is 73.4 Å². The van der Waals surface area contributed by atoms with E-state index in [9.17, 15) is 36.1 Å². The Morgan fingerprint density at radius 2 is 1.62 bits per heavy atom. The van der Waals surface area contributed by atoms with Crippen LogP contribution in [0, 0.1) is 41.6 Å². The molecule has 214 valence electrons. The Morgan fingerprint density at radius 1 is 1.08 bits per heavy atom. The fourth-order valence-electron chi connectivity index (χ4n) is 8.68. The van der Waals surface area contributed by atoms with Gasteiger partial charge in [-0.05, 0) is 77.0 Å². The number of thioether (sulfide) groups is 1. The van der Waals surface area contributed by atoms with Gasteiger partial charge in [0.05, 0.1) is 28.5 Å². The van der Waals surface area contributed by atoms with E-state index in [1.807, 2.05) is 20.8 Å². The van der Waals surface area contributed by atoms with E-state index in [0.29, 0.717) is 17.8 Å². The quantitative estimate of drug-likeness (QED) is 0.225. The maximum absolute atomic E-state index is 13.8. The summed E-state index contributed by atoms with van der Waals surface area (Å²) in [6.07, 6.45) is 4.92. The molecule has 4 aliphatic carbocycles. The fraction of sp³-hybridized carbons (Fsp3) is 0.840. The molecule has 6 atom stereocenters. The van der Waals surface area contributed by atoms with Crippen LogP contribution in [0.5, 0.6) is 0 Å². The summed E-state index contributed by atoms with van der Waals surface area (Å²) < 4.78 is 70.6. The third kappa shape index (κ3) is 4.03. The van der Waals surface area contributed by atoms with Crippen LogP contribution in [0.4, 0.5) is 8.78 Å². The van der Waals surface area contributed by atoms with Crippen molar-refractivity contribution in [3.05, 3.63) is 6.61 Å². The summed E-state index contributed by atoms with van der Waals surface area (Å²) in [6, 6.07) is -0.475. The zero-order chi connectivity index (χ0) is 27.6. The summed E-state index contributed by atoms with van der Waals surface area (Å²) in [5.41, 5.74) is -1.23. The first-order chi connectivity index (χ1) is 17.5. The smallest absolute Gasteiger partial charge is 0.312 e. The summed E-state index contributed by atoms with van der Waals surface area (Å²) in [7, 11) is -6.10. The number of alkyl halides is 2. The molecule has 6 bridgehead atoms. The third-order valence-corrected chi connectivity index (χ3v) is 12.1. The number of carbonyl (C=O) groups excluding carboxylic acids is 3. The zero-order valence-electron chi connectivity index (χ0n) is 22.0. The van der Waals surface area contributed by atoms with Gasteiger partial charge >= 0.3 is 5.97 Å². The van der Waals surface area contributed by atoms with Crippen molar-refractivity contribution in [2.45, 2.75) is 92.7 Å². The van der Waals surface area contributed by atoms with E-state index >= 15 is 0 Å². The van der Waals surface area contributed by atoms with Crippen LogP contribution in [-0.2, 0) is 34.0 Å². The second-order valence-electron chi connectivity index (χ2n) is 13.1. The monoisotopic (exact) mass is 842 g/mol. The molecule has 0 aromatic carbocycles. The molecular formula is C25H31F2NO8RfS2-2. The normalized spacial score (nSPS) is 42.1. The summed E-state index contributed by atoms with van der Waals surface area (Å²) in [4.78, 5) is 42.1. The number of fused-ring (bicyclic) bond motifs is 1. The first-order valence-electron chi connectivity index (χ1n) is 13.1. The second-order valence-corrected chi connectivity index (χ2v) is 15.9. The van der Waals surface area contributed by atoms with Crippen LogP contribution in [0.15, 0.2) is 0 Å². The zero-order valence-corrected chi connectivity index (χ0v) is 30.0. The molecule has 7 rings (SSSR count). The van der Waals surface area contributed by atoms with Crippen molar-refractivity contribution in [3.63, 3.8) is 0 Å². The molecule has 3 heterocycles. The molecule has 39 heavy (non-hydrogen) atoms. The maximum Gasteiger partial charge on any atom is 0.312 e. The Morgan fingerprint density at radius 3 is 2.10 bits per heavy atom. The van der Waals surface area contributed by atoms with Gasteiger partial charge in [0.2, 0.25) is 5.91 Å². The molecule has 7 fully saturated rings. The molecule has 0 N–H and O–H groups in total. The van der Waals surface area contributed by atoms with E-state index in [0.717, 1.165) is 38.5 Å². The fourth-order valence-corrected chi connectivity index (χ4v) is 10.9. The average molecular weight is 843 g/mol. The number of likely N-dealkylation sites (tertiary alicyclic amines) is 1. The maximum atomic E-state index is 13.8. The van der Waals surface area contributed by atoms with E-state index in [1.165, 1.54) is 11.8 Å². The molecule has 0 spiro atoms. The molecule has 0 radical (unpaired) electrons. The van der Waals surface area contributed by atoms with E-state index in [4.69, 9.17) is 4.74 Å². The van der Waals surface area contributed by atoms with E-state index in [1.54, 1.807) is 4.90 Å². The summed E-state index contributed by atoms with van der Waals surface area (Å²) in [5, 5.41) is -6.05. The number of rotatable bonds is 6. The number of esters is 2. The first-order valence-corrected chi connectivity index (χ1v) is 15.5. The molecule has 4 saturated carbocycles. The number of amides is 1. The number of halogens is 2. The average Bonchev–Trinajstić information content (AvgIpc) is 3.38. The molecule has 0 aromatic heterocycles. The van der Waals surface area contributed by atoms with Gasteiger partial charge in [-0.3, -0.25) is 14.4 Å². The molecule has 0 aromatic rings. The van der Waals surface area contributed by atoms with Gasteiger partial charge in [-0.2, -0.15) is 0 Å². The van der Waals surface area contributed by atoms with Crippen molar-refractivity contribution in [1.29, 1.82) is 0 Å². The van der Waals surface area contributed by atoms with Crippen LogP contribution >= 0.6 is 11.8 Å². The minimum atomic E-state index is -6.10. The molecule has 3 aliphatic heterocycles. The van der Waals surface area contributed by atoms with Gasteiger partial charge < -0.3 is 18.9 Å². The number of nitrogens with zero attached hydrogens (tertiary/aromatic N) is 1. The molecule has 1 amide bonds. The number of carbonyl (C=O) groups is 3. The Bertz CT molecular complexity index is 1160. The summed E-state index contributed by atoms with van der Waals surface area (Å²) >= 11 is 1.31. The van der Waals surface area contributed by atoms with Gasteiger partial charge in [0.25, 0.3) is 11.2 Å². The molecule has 9 nitrogen and oxygen atoms in total. The van der Waals surface area contributed by atoms with Gasteiger partial charge in [0.1, 0.15) is 16.2 Å². The topological polar surface area (TPSA) is 130 Å². The van der Waals surface area contributed by atoms with Gasteiger partial charge in [-0.25, -0.2) is 17.2 Å². The van der Waals surface area contributed by atoms with Crippen LogP contribution < -0.4 is 0 Å². The van der Waals surface area contributed by atoms with Gasteiger partial charge in [-0.15, -0.1) is 11.8 Å². The number of hydrogen-bond donors (Lipinski definition) is 0. The van der Waals surface area contributed by atoms with Crippen LogP contribution in [0.3, 0.4) is 0 Å². The molecular weight excluding hydrogens is 811 g/mol. The molecule has 14 heteroatoms. The van der Waals surface area contributed by atoms with Crippen LogP contribution in [0.2, 0.25) is 0 Å². The minimum Gasteiger partial charge on any atom is -0.746 e. The largest absolute Gasteiger partial charge is 0.746 e. The van der Waals surface area contributed by atoms with Crippen LogP contribution in [0.1, 0.15) is 59.3 Å². The Labute approximate surface area is 224 Å². The minimum absolute atomic E-state index is 0. The van der Waals surface area contributed by atoms with Gasteiger partial charge in [-0.1, -0.05) is 6.61 Å².